The highest BCUT2D eigenvalue weighted by Crippen LogP contribution is 2.38. The number of hydrogen-bond donors (Lipinski definition) is 1. The van der Waals surface area contributed by atoms with E-state index in [1.54, 1.807) is 0 Å². The van der Waals surface area contributed by atoms with Gasteiger partial charge in [0.05, 0.1) is 11.2 Å². The van der Waals surface area contributed by atoms with Crippen LogP contribution in [0.2, 0.25) is 0 Å². The van der Waals surface area contributed by atoms with Crippen molar-refractivity contribution >= 4 is 5.91 Å². The Balaban J connectivity index is 1.96. The van der Waals surface area contributed by atoms with Crippen molar-refractivity contribution in [1.29, 1.82) is 0 Å². The number of rotatable bonds is 3. The summed E-state index contributed by atoms with van der Waals surface area (Å²) in [6, 6.07) is 0. The van der Waals surface area contributed by atoms with Gasteiger partial charge in [0.25, 0.3) is 0 Å². The topological polar surface area (TPSA) is 50.2 Å². The second kappa shape index (κ2) is 5.69. The van der Waals surface area contributed by atoms with Crippen molar-refractivity contribution in [2.75, 3.05) is 6.54 Å². The maximum atomic E-state index is 12.6. The summed E-state index contributed by atoms with van der Waals surface area (Å²) in [5.41, 5.74) is 1.89. The number of carbonyl (C=O) groups excluding carboxylic acids is 1. The van der Waals surface area contributed by atoms with Gasteiger partial charge in [0.1, 0.15) is 6.17 Å². The predicted octanol–water partition coefficient (Wildman–Crippen LogP) is 2.70. The predicted molar refractivity (Wildman–Crippen MR) is 86.4 cm³/mol. The van der Waals surface area contributed by atoms with E-state index in [1.807, 2.05) is 37.4 Å². The summed E-state index contributed by atoms with van der Waals surface area (Å²) in [5.74, 6) is 0.725. The monoisotopic (exact) mass is 304 g/mol. The Bertz CT molecular complexity index is 557. The average Bonchev–Trinajstić information content (AvgIpc) is 2.99. The fraction of sp³-hybridized carbons (Fsp3) is 0.765. The lowest BCUT2D eigenvalue weighted by Crippen LogP contribution is -2.40. The van der Waals surface area contributed by atoms with Crippen LogP contribution in [0.4, 0.5) is 0 Å². The molecule has 2 heterocycles. The number of amides is 1. The largest absolute Gasteiger partial charge is 0.321 e. The van der Waals surface area contributed by atoms with Crippen LogP contribution in [0.15, 0.2) is 6.20 Å². The van der Waals surface area contributed by atoms with E-state index in [0.717, 1.165) is 6.54 Å². The Kier molecular flexibility index (Phi) is 4.02. The lowest BCUT2D eigenvalue weighted by Gasteiger charge is -2.26. The molecule has 5 nitrogen and oxygen atoms in total. The first-order chi connectivity index (χ1) is 10.4. The van der Waals surface area contributed by atoms with Crippen molar-refractivity contribution in [3.8, 4) is 0 Å². The van der Waals surface area contributed by atoms with E-state index in [0.29, 0.717) is 5.92 Å². The zero-order valence-corrected chi connectivity index (χ0v) is 14.2. The summed E-state index contributed by atoms with van der Waals surface area (Å²) in [6.07, 6.45) is 8.42. The quantitative estimate of drug-likeness (QED) is 0.934. The maximum Gasteiger partial charge on any atom is 0.243 e. The Labute approximate surface area is 133 Å². The van der Waals surface area contributed by atoms with E-state index < -0.39 is 5.54 Å². The third-order valence-corrected chi connectivity index (χ3v) is 5.12. The lowest BCUT2D eigenvalue weighted by molar-refractivity contribution is -0.132. The number of aryl methyl sites for hydroxylation is 1. The minimum atomic E-state index is -0.500. The Morgan fingerprint density at radius 3 is 2.64 bits per heavy atom. The van der Waals surface area contributed by atoms with E-state index in [9.17, 15) is 4.79 Å². The summed E-state index contributed by atoms with van der Waals surface area (Å²) in [4.78, 5) is 14.5. The molecule has 1 aromatic heterocycles. The van der Waals surface area contributed by atoms with E-state index in [1.165, 1.54) is 43.4 Å². The summed E-state index contributed by atoms with van der Waals surface area (Å²) in [5, 5.41) is 8.27. The van der Waals surface area contributed by atoms with Gasteiger partial charge in [0, 0.05) is 31.3 Å². The molecule has 22 heavy (non-hydrogen) atoms. The van der Waals surface area contributed by atoms with Crippen LogP contribution in [-0.4, -0.2) is 32.7 Å². The normalized spacial score (nSPS) is 25.9. The van der Waals surface area contributed by atoms with Gasteiger partial charge in [-0.05, 0) is 33.6 Å². The molecule has 1 unspecified atom stereocenters. The molecule has 0 radical (unpaired) electrons. The van der Waals surface area contributed by atoms with Crippen molar-refractivity contribution in [3.05, 3.63) is 17.5 Å². The molecule has 1 aromatic rings. The van der Waals surface area contributed by atoms with E-state index in [-0.39, 0.29) is 12.1 Å². The fourth-order valence-electron chi connectivity index (χ4n) is 3.96. The number of nitrogens with zero attached hydrogens (tertiary/aromatic N) is 3. The Hall–Kier alpha value is -1.36. The zero-order valence-electron chi connectivity index (χ0n) is 14.2. The Morgan fingerprint density at radius 2 is 2.00 bits per heavy atom. The molecule has 1 aliphatic carbocycles. The molecule has 0 spiro atoms. The highest BCUT2D eigenvalue weighted by molar-refractivity contribution is 5.88. The molecule has 1 aliphatic heterocycles. The smallest absolute Gasteiger partial charge is 0.243 e. The van der Waals surface area contributed by atoms with Crippen LogP contribution in [0.5, 0.6) is 0 Å². The highest BCUT2D eigenvalue weighted by atomic mass is 16.2. The minimum absolute atomic E-state index is 0.0434. The van der Waals surface area contributed by atoms with Gasteiger partial charge >= 0.3 is 0 Å². The zero-order chi connectivity index (χ0) is 15.9. The van der Waals surface area contributed by atoms with E-state index in [2.05, 4.69) is 11.5 Å². The lowest BCUT2D eigenvalue weighted by atomic mass is 9.85. The molecular formula is C17H28N4O. The second-order valence-electron chi connectivity index (χ2n) is 7.24. The summed E-state index contributed by atoms with van der Waals surface area (Å²) >= 11 is 0. The van der Waals surface area contributed by atoms with Crippen molar-refractivity contribution in [1.82, 2.24) is 20.0 Å². The average molecular weight is 304 g/mol. The van der Waals surface area contributed by atoms with Crippen molar-refractivity contribution in [2.45, 2.75) is 70.5 Å². The van der Waals surface area contributed by atoms with Crippen LogP contribution in [-0.2, 0) is 11.8 Å². The molecule has 1 N–H and O–H groups in total. The molecule has 1 saturated carbocycles. The van der Waals surface area contributed by atoms with E-state index in [4.69, 9.17) is 5.10 Å². The molecule has 3 rings (SSSR count). The summed E-state index contributed by atoms with van der Waals surface area (Å²) in [6.45, 7) is 6.70. The van der Waals surface area contributed by atoms with Crippen LogP contribution >= 0.6 is 0 Å². The van der Waals surface area contributed by atoms with Gasteiger partial charge in [-0.25, -0.2) is 0 Å². The molecule has 122 valence electrons. The van der Waals surface area contributed by atoms with Gasteiger partial charge in [-0.1, -0.05) is 19.3 Å². The maximum absolute atomic E-state index is 12.6. The molecule has 2 fully saturated rings. The Morgan fingerprint density at radius 1 is 1.32 bits per heavy atom. The number of aromatic nitrogens is 2. The van der Waals surface area contributed by atoms with Crippen molar-refractivity contribution < 1.29 is 4.79 Å². The SMILES string of the molecule is CCN1C(=O)C(C)(C)NC1c1cn(C)nc1C1CCCCC1. The van der Waals surface area contributed by atoms with E-state index >= 15 is 0 Å². The molecule has 2 aliphatic rings. The van der Waals surface area contributed by atoms with Gasteiger partial charge in [-0.3, -0.25) is 14.8 Å². The summed E-state index contributed by atoms with van der Waals surface area (Å²) < 4.78 is 1.91. The van der Waals surface area contributed by atoms with Crippen LogP contribution in [0, 0.1) is 0 Å². The van der Waals surface area contributed by atoms with Gasteiger partial charge in [0.15, 0.2) is 0 Å². The van der Waals surface area contributed by atoms with Crippen molar-refractivity contribution in [2.24, 2.45) is 7.05 Å². The minimum Gasteiger partial charge on any atom is -0.321 e. The van der Waals surface area contributed by atoms with Crippen LogP contribution in [0.25, 0.3) is 0 Å². The van der Waals surface area contributed by atoms with Gasteiger partial charge in [0.2, 0.25) is 5.91 Å². The molecule has 0 bridgehead atoms. The number of hydrogen-bond acceptors (Lipinski definition) is 3. The molecular weight excluding hydrogens is 276 g/mol. The third-order valence-electron chi connectivity index (χ3n) is 5.12. The van der Waals surface area contributed by atoms with Crippen LogP contribution < -0.4 is 5.32 Å². The van der Waals surface area contributed by atoms with Gasteiger partial charge < -0.3 is 4.90 Å². The third kappa shape index (κ3) is 2.56. The first-order valence-corrected chi connectivity index (χ1v) is 8.56. The summed E-state index contributed by atoms with van der Waals surface area (Å²) in [7, 11) is 1.98. The standard InChI is InChI=1S/C17H28N4O/c1-5-21-15(18-17(2,3)16(21)22)13-11-20(4)19-14(13)12-9-7-6-8-10-12/h11-12,15,18H,5-10H2,1-4H3. The van der Waals surface area contributed by atoms with Gasteiger partial charge in [-0.15, -0.1) is 0 Å². The number of nitrogens with one attached hydrogen (secondary N) is 1. The second-order valence-corrected chi connectivity index (χ2v) is 7.24. The molecule has 1 amide bonds. The van der Waals surface area contributed by atoms with Gasteiger partial charge in [-0.2, -0.15) is 5.10 Å². The first kappa shape index (κ1) is 15.5. The van der Waals surface area contributed by atoms with Crippen LogP contribution in [0.1, 0.15) is 76.2 Å². The first-order valence-electron chi connectivity index (χ1n) is 8.56. The number of likely N-dealkylation sites (N-methyl/N-ethyl adjacent to an activating group) is 1. The molecule has 1 atom stereocenters. The number of carbonyl (C=O) groups is 1. The fourth-order valence-corrected chi connectivity index (χ4v) is 3.96. The molecule has 5 heteroatoms. The molecule has 1 saturated heterocycles. The molecule has 0 aromatic carbocycles. The van der Waals surface area contributed by atoms with Crippen molar-refractivity contribution in [3.63, 3.8) is 0 Å². The van der Waals surface area contributed by atoms with Crippen LogP contribution in [0.3, 0.4) is 0 Å². The highest BCUT2D eigenvalue weighted by Gasteiger charge is 2.46.